The Bertz CT molecular complexity index is 902. The number of H-pyrrole nitrogens is 1. The molecule has 4 rings (SSSR count). The van der Waals surface area contributed by atoms with Gasteiger partial charge in [-0.3, -0.25) is 9.89 Å². The zero-order chi connectivity index (χ0) is 18.7. The Morgan fingerprint density at radius 2 is 1.77 bits per heavy atom. The van der Waals surface area contributed by atoms with Crippen LogP contribution in [0.5, 0.6) is 0 Å². The van der Waals surface area contributed by atoms with Crippen molar-refractivity contribution in [2.24, 2.45) is 5.41 Å². The quantitative estimate of drug-likeness (QED) is 0.822. The van der Waals surface area contributed by atoms with Crippen LogP contribution in [-0.2, 0) is 16.6 Å². The number of Topliss-reactive ketones (excluding diaryl/α,β-unsaturated/α-hetero) is 1. The van der Waals surface area contributed by atoms with E-state index in [9.17, 15) is 4.79 Å². The first-order valence-corrected chi connectivity index (χ1v) is 9.63. The van der Waals surface area contributed by atoms with E-state index >= 15 is 0 Å². The molecule has 136 valence electrons. The van der Waals surface area contributed by atoms with Gasteiger partial charge in [0.05, 0.1) is 5.69 Å². The molecule has 3 heteroatoms. The van der Waals surface area contributed by atoms with E-state index in [-0.39, 0.29) is 5.41 Å². The van der Waals surface area contributed by atoms with Crippen molar-refractivity contribution >= 4 is 5.78 Å². The van der Waals surface area contributed by atoms with Crippen LogP contribution in [0, 0.1) is 5.41 Å². The molecule has 0 amide bonds. The Labute approximate surface area is 155 Å². The highest BCUT2D eigenvalue weighted by molar-refractivity contribution is 6.01. The van der Waals surface area contributed by atoms with E-state index in [1.165, 1.54) is 22.4 Å². The molecule has 0 unspecified atom stereocenters. The lowest BCUT2D eigenvalue weighted by Crippen LogP contribution is -2.41. The molecule has 0 fully saturated rings. The highest BCUT2D eigenvalue weighted by Gasteiger charge is 2.49. The van der Waals surface area contributed by atoms with Gasteiger partial charge >= 0.3 is 0 Å². The van der Waals surface area contributed by atoms with Crippen LogP contribution in [0.1, 0.15) is 75.9 Å². The summed E-state index contributed by atoms with van der Waals surface area (Å²) in [6, 6.07) is 10.5. The molecule has 1 atom stereocenters. The first-order valence-electron chi connectivity index (χ1n) is 9.63. The molecule has 3 nitrogen and oxygen atoms in total. The van der Waals surface area contributed by atoms with E-state index in [0.717, 1.165) is 24.1 Å². The summed E-state index contributed by atoms with van der Waals surface area (Å²) in [5, 5.41) is 7.99. The molecule has 1 N–H and O–H groups in total. The fourth-order valence-electron chi connectivity index (χ4n) is 5.13. The zero-order valence-corrected chi connectivity index (χ0v) is 16.4. The number of nitrogens with one attached hydrogen (secondary N) is 1. The maximum atomic E-state index is 13.4. The largest absolute Gasteiger partial charge is 0.294 e. The molecule has 0 aliphatic heterocycles. The summed E-state index contributed by atoms with van der Waals surface area (Å²) in [6.07, 6.45) is 2.42. The maximum Gasteiger partial charge on any atom is 0.160 e. The van der Waals surface area contributed by atoms with Gasteiger partial charge in [-0.2, -0.15) is 5.10 Å². The minimum absolute atomic E-state index is 0.0336. The van der Waals surface area contributed by atoms with E-state index in [1.807, 2.05) is 6.07 Å². The van der Waals surface area contributed by atoms with Crippen molar-refractivity contribution in [2.45, 2.75) is 65.2 Å². The lowest BCUT2D eigenvalue weighted by Gasteiger charge is -2.44. The summed E-state index contributed by atoms with van der Waals surface area (Å²) < 4.78 is 0. The molecule has 1 heterocycles. The number of carbonyl (C=O) groups excluding carboxylic acids is 1. The summed E-state index contributed by atoms with van der Waals surface area (Å²) in [4.78, 5) is 13.4. The topological polar surface area (TPSA) is 45.8 Å². The standard InChI is InChI=1S/C23H28N2O/c1-14(2)21-20-17(24-25-21)11-15-12-22(3,4)13-18(26)19(15)23(20,5)16-9-7-6-8-10-16/h6-10,14H,11-13H2,1-5H3,(H,24,25)/t23-/m0/s1. The highest BCUT2D eigenvalue weighted by atomic mass is 16.1. The van der Waals surface area contributed by atoms with E-state index in [2.05, 4.69) is 69.1 Å². The monoisotopic (exact) mass is 348 g/mol. The van der Waals surface area contributed by atoms with Gasteiger partial charge in [-0.15, -0.1) is 0 Å². The maximum absolute atomic E-state index is 13.4. The Kier molecular flexibility index (Phi) is 3.76. The number of aromatic amines is 1. The lowest BCUT2D eigenvalue weighted by atomic mass is 9.58. The summed E-state index contributed by atoms with van der Waals surface area (Å²) in [7, 11) is 0. The van der Waals surface area contributed by atoms with Gasteiger partial charge in [-0.1, -0.05) is 63.6 Å². The van der Waals surface area contributed by atoms with Gasteiger partial charge in [0, 0.05) is 35.1 Å². The van der Waals surface area contributed by atoms with Gasteiger partial charge < -0.3 is 0 Å². The van der Waals surface area contributed by atoms with Gasteiger partial charge in [0.1, 0.15) is 0 Å². The van der Waals surface area contributed by atoms with E-state index < -0.39 is 5.41 Å². The van der Waals surface area contributed by atoms with E-state index in [4.69, 9.17) is 0 Å². The molecule has 2 aliphatic rings. The molecule has 1 aromatic heterocycles. The zero-order valence-electron chi connectivity index (χ0n) is 16.4. The average Bonchev–Trinajstić information content (AvgIpc) is 2.98. The third-order valence-electron chi connectivity index (χ3n) is 6.12. The van der Waals surface area contributed by atoms with Crippen LogP contribution in [0.25, 0.3) is 0 Å². The Hall–Kier alpha value is -2.16. The summed E-state index contributed by atoms with van der Waals surface area (Å²) in [6.45, 7) is 11.0. The van der Waals surface area contributed by atoms with E-state index in [0.29, 0.717) is 18.1 Å². The first-order chi connectivity index (χ1) is 12.2. The molecule has 1 aromatic carbocycles. The van der Waals surface area contributed by atoms with Crippen molar-refractivity contribution in [1.29, 1.82) is 0 Å². The number of nitrogens with zero attached hydrogens (tertiary/aromatic N) is 1. The second-order valence-corrected chi connectivity index (χ2v) is 9.20. The fourth-order valence-corrected chi connectivity index (χ4v) is 5.13. The molecule has 0 spiro atoms. The third kappa shape index (κ3) is 2.40. The smallest absolute Gasteiger partial charge is 0.160 e. The van der Waals surface area contributed by atoms with Crippen LogP contribution < -0.4 is 0 Å². The van der Waals surface area contributed by atoms with Gasteiger partial charge in [0.15, 0.2) is 5.78 Å². The van der Waals surface area contributed by atoms with Crippen molar-refractivity contribution in [3.8, 4) is 0 Å². The average molecular weight is 348 g/mol. The van der Waals surface area contributed by atoms with Crippen molar-refractivity contribution in [2.75, 3.05) is 0 Å². The molecule has 2 aromatic rings. The Balaban J connectivity index is 2.03. The van der Waals surface area contributed by atoms with Crippen molar-refractivity contribution in [3.05, 3.63) is 64.0 Å². The van der Waals surface area contributed by atoms with Crippen LogP contribution in [0.3, 0.4) is 0 Å². The number of rotatable bonds is 2. The minimum atomic E-state index is -0.426. The fraction of sp³-hybridized carbons (Fsp3) is 0.478. The molecular formula is C23H28N2O. The predicted molar refractivity (Wildman–Crippen MR) is 104 cm³/mol. The molecule has 26 heavy (non-hydrogen) atoms. The van der Waals surface area contributed by atoms with Crippen LogP contribution >= 0.6 is 0 Å². The number of aromatic nitrogens is 2. The van der Waals surface area contributed by atoms with Crippen LogP contribution in [0.4, 0.5) is 0 Å². The van der Waals surface area contributed by atoms with Crippen molar-refractivity contribution in [1.82, 2.24) is 10.2 Å². The number of allylic oxidation sites excluding steroid dienone is 2. The number of fused-ring (bicyclic) bond motifs is 1. The van der Waals surface area contributed by atoms with Crippen LogP contribution in [0.2, 0.25) is 0 Å². The molecule has 0 radical (unpaired) electrons. The first kappa shape index (κ1) is 17.3. The lowest BCUT2D eigenvalue weighted by molar-refractivity contribution is -0.118. The Morgan fingerprint density at radius 3 is 2.42 bits per heavy atom. The molecule has 0 saturated carbocycles. The summed E-state index contributed by atoms with van der Waals surface area (Å²) in [5.41, 5.74) is 6.62. The van der Waals surface area contributed by atoms with Gasteiger partial charge in [0.2, 0.25) is 0 Å². The van der Waals surface area contributed by atoms with Gasteiger partial charge in [-0.05, 0) is 30.2 Å². The number of hydrogen-bond acceptors (Lipinski definition) is 2. The predicted octanol–water partition coefficient (Wildman–Crippen LogP) is 5.08. The molecular weight excluding hydrogens is 320 g/mol. The summed E-state index contributed by atoms with van der Waals surface area (Å²) >= 11 is 0. The van der Waals surface area contributed by atoms with Crippen molar-refractivity contribution in [3.63, 3.8) is 0 Å². The second-order valence-electron chi connectivity index (χ2n) is 9.20. The molecule has 0 saturated heterocycles. The Morgan fingerprint density at radius 1 is 1.08 bits per heavy atom. The van der Waals surface area contributed by atoms with E-state index in [1.54, 1.807) is 0 Å². The SMILES string of the molecule is CC(C)c1n[nH]c2c1[C@@](C)(c1ccccc1)C1=C(C2)CC(C)(C)CC1=O. The molecule has 0 bridgehead atoms. The third-order valence-corrected chi connectivity index (χ3v) is 6.12. The number of benzene rings is 1. The number of hydrogen-bond donors (Lipinski definition) is 1. The minimum Gasteiger partial charge on any atom is -0.294 e. The highest BCUT2D eigenvalue weighted by Crippen LogP contribution is 2.53. The van der Waals surface area contributed by atoms with Crippen LogP contribution in [-0.4, -0.2) is 16.0 Å². The number of ketones is 1. The van der Waals surface area contributed by atoms with Crippen LogP contribution in [0.15, 0.2) is 41.5 Å². The normalized spacial score (nSPS) is 24.6. The second kappa shape index (κ2) is 5.67. The van der Waals surface area contributed by atoms with Crippen molar-refractivity contribution < 1.29 is 4.79 Å². The van der Waals surface area contributed by atoms with Gasteiger partial charge in [-0.25, -0.2) is 0 Å². The number of carbonyl (C=O) groups is 1. The summed E-state index contributed by atoms with van der Waals surface area (Å²) in [5.74, 6) is 0.625. The van der Waals surface area contributed by atoms with Gasteiger partial charge in [0.25, 0.3) is 0 Å². The molecule has 2 aliphatic carbocycles.